The lowest BCUT2D eigenvalue weighted by atomic mass is 9.97. The maximum absolute atomic E-state index is 13.1. The van der Waals surface area contributed by atoms with E-state index in [1.807, 2.05) is 0 Å². The standard InChI is InChI=1S/C14H18F2N2O3S/c1-22(20,21)18-6-4-11(5-7-18)14(19)17-9-10-2-3-12(15)13(16)8-10/h2-3,8,11H,4-7,9H2,1H3,(H,17,19). The summed E-state index contributed by atoms with van der Waals surface area (Å²) in [4.78, 5) is 12.0. The highest BCUT2D eigenvalue weighted by atomic mass is 32.2. The number of nitrogens with one attached hydrogen (secondary N) is 1. The maximum Gasteiger partial charge on any atom is 0.223 e. The number of amides is 1. The third-order valence-corrected chi connectivity index (χ3v) is 5.05. The molecule has 1 N–H and O–H groups in total. The summed E-state index contributed by atoms with van der Waals surface area (Å²) in [5, 5.41) is 2.67. The predicted molar refractivity (Wildman–Crippen MR) is 77.3 cm³/mol. The van der Waals surface area contributed by atoms with Gasteiger partial charge in [0.05, 0.1) is 6.26 Å². The number of hydrogen-bond donors (Lipinski definition) is 1. The van der Waals surface area contributed by atoms with Crippen molar-refractivity contribution in [2.45, 2.75) is 19.4 Å². The molecule has 122 valence electrons. The van der Waals surface area contributed by atoms with Crippen LogP contribution in [0.25, 0.3) is 0 Å². The number of carbonyl (C=O) groups is 1. The number of rotatable bonds is 4. The van der Waals surface area contributed by atoms with E-state index in [4.69, 9.17) is 0 Å². The van der Waals surface area contributed by atoms with Crippen molar-refractivity contribution in [1.82, 2.24) is 9.62 Å². The summed E-state index contributed by atoms with van der Waals surface area (Å²) in [5.74, 6) is -2.34. The first-order valence-corrected chi connectivity index (χ1v) is 8.79. The molecule has 0 radical (unpaired) electrons. The van der Waals surface area contributed by atoms with Gasteiger partial charge < -0.3 is 5.32 Å². The second-order valence-electron chi connectivity index (χ2n) is 5.40. The monoisotopic (exact) mass is 332 g/mol. The minimum Gasteiger partial charge on any atom is -0.352 e. The van der Waals surface area contributed by atoms with E-state index in [2.05, 4.69) is 5.32 Å². The molecule has 0 atom stereocenters. The van der Waals surface area contributed by atoms with Crippen LogP contribution in [0, 0.1) is 17.6 Å². The summed E-state index contributed by atoms with van der Waals surface area (Å²) in [6.45, 7) is 0.756. The zero-order valence-corrected chi connectivity index (χ0v) is 13.0. The first-order chi connectivity index (χ1) is 10.3. The Morgan fingerprint density at radius 3 is 2.45 bits per heavy atom. The van der Waals surface area contributed by atoms with Crippen molar-refractivity contribution < 1.29 is 22.0 Å². The number of carbonyl (C=O) groups excluding carboxylic acids is 1. The van der Waals surface area contributed by atoms with E-state index in [-0.39, 0.29) is 18.4 Å². The molecular formula is C14H18F2N2O3S. The van der Waals surface area contributed by atoms with Crippen LogP contribution in [0.5, 0.6) is 0 Å². The summed E-state index contributed by atoms with van der Waals surface area (Å²) in [7, 11) is -3.21. The zero-order valence-electron chi connectivity index (χ0n) is 12.2. The van der Waals surface area contributed by atoms with Gasteiger partial charge in [-0.25, -0.2) is 21.5 Å². The van der Waals surface area contributed by atoms with Crippen LogP contribution in [-0.2, 0) is 21.4 Å². The first kappa shape index (κ1) is 16.8. The molecule has 1 amide bonds. The number of benzene rings is 1. The fraction of sp³-hybridized carbons (Fsp3) is 0.500. The van der Waals surface area contributed by atoms with Gasteiger partial charge in [0.1, 0.15) is 0 Å². The highest BCUT2D eigenvalue weighted by Crippen LogP contribution is 2.19. The second-order valence-corrected chi connectivity index (χ2v) is 7.39. The second kappa shape index (κ2) is 6.70. The number of halogens is 2. The van der Waals surface area contributed by atoms with Crippen LogP contribution in [0.15, 0.2) is 18.2 Å². The molecule has 8 heteroatoms. The SMILES string of the molecule is CS(=O)(=O)N1CCC(C(=O)NCc2ccc(F)c(F)c2)CC1. The minimum absolute atomic E-state index is 0.113. The van der Waals surface area contributed by atoms with Gasteiger partial charge in [-0.3, -0.25) is 4.79 Å². The molecule has 2 rings (SSSR count). The van der Waals surface area contributed by atoms with Gasteiger partial charge in [-0.15, -0.1) is 0 Å². The third kappa shape index (κ3) is 4.23. The molecule has 0 bridgehead atoms. The van der Waals surface area contributed by atoms with Crippen LogP contribution < -0.4 is 5.32 Å². The van der Waals surface area contributed by atoms with Crippen LogP contribution in [0.2, 0.25) is 0 Å². The molecule has 1 aromatic rings. The van der Waals surface area contributed by atoms with Crippen molar-refractivity contribution in [3.8, 4) is 0 Å². The molecule has 1 aliphatic heterocycles. The number of sulfonamides is 1. The highest BCUT2D eigenvalue weighted by molar-refractivity contribution is 7.88. The largest absolute Gasteiger partial charge is 0.352 e. The molecule has 0 saturated carbocycles. The lowest BCUT2D eigenvalue weighted by Gasteiger charge is -2.29. The van der Waals surface area contributed by atoms with Crippen molar-refractivity contribution in [2.75, 3.05) is 19.3 Å². The van der Waals surface area contributed by atoms with Crippen molar-refractivity contribution in [1.29, 1.82) is 0 Å². The van der Waals surface area contributed by atoms with Crippen molar-refractivity contribution in [3.63, 3.8) is 0 Å². The highest BCUT2D eigenvalue weighted by Gasteiger charge is 2.28. The molecule has 0 aliphatic carbocycles. The molecule has 1 heterocycles. The predicted octanol–water partition coefficient (Wildman–Crippen LogP) is 1.25. The van der Waals surface area contributed by atoms with Gasteiger partial charge in [-0.2, -0.15) is 0 Å². The van der Waals surface area contributed by atoms with Gasteiger partial charge in [-0.05, 0) is 30.5 Å². The Morgan fingerprint density at radius 1 is 1.27 bits per heavy atom. The summed E-state index contributed by atoms with van der Waals surface area (Å²) in [6.07, 6.45) is 2.06. The summed E-state index contributed by atoms with van der Waals surface area (Å²) in [5.41, 5.74) is 0.473. The van der Waals surface area contributed by atoms with Gasteiger partial charge in [0.2, 0.25) is 15.9 Å². The molecule has 1 aliphatic rings. The van der Waals surface area contributed by atoms with Gasteiger partial charge in [0.25, 0.3) is 0 Å². The van der Waals surface area contributed by atoms with Crippen LogP contribution in [0.1, 0.15) is 18.4 Å². The quantitative estimate of drug-likeness (QED) is 0.902. The molecule has 1 aromatic carbocycles. The molecule has 0 spiro atoms. The lowest BCUT2D eigenvalue weighted by Crippen LogP contribution is -2.42. The first-order valence-electron chi connectivity index (χ1n) is 6.94. The van der Waals surface area contributed by atoms with Crippen LogP contribution in [0.4, 0.5) is 8.78 Å². The Morgan fingerprint density at radius 2 is 1.91 bits per heavy atom. The Bertz CT molecular complexity index is 656. The van der Waals surface area contributed by atoms with E-state index in [0.29, 0.717) is 31.5 Å². The van der Waals surface area contributed by atoms with Gasteiger partial charge in [0.15, 0.2) is 11.6 Å². The molecule has 0 aromatic heterocycles. The van der Waals surface area contributed by atoms with Gasteiger partial charge in [0, 0.05) is 25.6 Å². The topological polar surface area (TPSA) is 66.5 Å². The van der Waals surface area contributed by atoms with Gasteiger partial charge in [-0.1, -0.05) is 6.07 Å². The molecule has 22 heavy (non-hydrogen) atoms. The summed E-state index contributed by atoms with van der Waals surface area (Å²) < 4.78 is 50.0. The molecular weight excluding hydrogens is 314 g/mol. The van der Waals surface area contributed by atoms with E-state index in [0.717, 1.165) is 18.4 Å². The Labute approximate surface area is 128 Å². The van der Waals surface area contributed by atoms with Crippen LogP contribution in [0.3, 0.4) is 0 Å². The summed E-state index contributed by atoms with van der Waals surface area (Å²) >= 11 is 0. The molecule has 5 nitrogen and oxygen atoms in total. The van der Waals surface area contributed by atoms with Crippen LogP contribution >= 0.6 is 0 Å². The van der Waals surface area contributed by atoms with E-state index >= 15 is 0 Å². The third-order valence-electron chi connectivity index (χ3n) is 3.74. The minimum atomic E-state index is -3.21. The van der Waals surface area contributed by atoms with Crippen molar-refractivity contribution in [3.05, 3.63) is 35.4 Å². The van der Waals surface area contributed by atoms with E-state index < -0.39 is 21.7 Å². The Hall–Kier alpha value is -1.54. The normalized spacial score (nSPS) is 17.4. The summed E-state index contributed by atoms with van der Waals surface area (Å²) in [6, 6.07) is 3.47. The number of hydrogen-bond acceptors (Lipinski definition) is 3. The Kier molecular flexibility index (Phi) is 5.12. The van der Waals surface area contributed by atoms with E-state index in [1.165, 1.54) is 10.4 Å². The molecule has 0 unspecified atom stereocenters. The van der Waals surface area contributed by atoms with Gasteiger partial charge >= 0.3 is 0 Å². The maximum atomic E-state index is 13.1. The fourth-order valence-corrected chi connectivity index (χ4v) is 3.31. The molecule has 1 fully saturated rings. The number of piperidine rings is 1. The fourth-order valence-electron chi connectivity index (χ4n) is 2.43. The van der Waals surface area contributed by atoms with Crippen molar-refractivity contribution >= 4 is 15.9 Å². The zero-order chi connectivity index (χ0) is 16.3. The Balaban J connectivity index is 1.85. The average Bonchev–Trinajstić information content (AvgIpc) is 2.47. The number of nitrogens with zero attached hydrogens (tertiary/aromatic N) is 1. The molecule has 1 saturated heterocycles. The van der Waals surface area contributed by atoms with Crippen LogP contribution in [-0.4, -0.2) is 38.0 Å². The van der Waals surface area contributed by atoms with E-state index in [9.17, 15) is 22.0 Å². The smallest absolute Gasteiger partial charge is 0.223 e. The van der Waals surface area contributed by atoms with E-state index in [1.54, 1.807) is 0 Å². The van der Waals surface area contributed by atoms with Crippen molar-refractivity contribution in [2.24, 2.45) is 5.92 Å². The average molecular weight is 332 g/mol. The lowest BCUT2D eigenvalue weighted by molar-refractivity contribution is -0.126.